The Hall–Kier alpha value is -1.20. The molecular formula is C13H11ClF3NS. The fourth-order valence-corrected chi connectivity index (χ4v) is 2.56. The summed E-state index contributed by atoms with van der Waals surface area (Å²) in [5, 5.41) is 5.20. The fraction of sp³-hybridized carbons (Fsp3) is 0.231. The van der Waals surface area contributed by atoms with Crippen molar-refractivity contribution in [1.29, 1.82) is 0 Å². The van der Waals surface area contributed by atoms with Crippen molar-refractivity contribution in [2.45, 2.75) is 19.1 Å². The van der Waals surface area contributed by atoms with Crippen molar-refractivity contribution in [3.05, 3.63) is 51.2 Å². The Bertz CT molecular complexity index is 552. The first-order valence-corrected chi connectivity index (χ1v) is 6.80. The molecule has 0 aliphatic rings. The van der Waals surface area contributed by atoms with Crippen LogP contribution < -0.4 is 5.32 Å². The molecule has 0 fully saturated rings. The number of thiophene rings is 1. The van der Waals surface area contributed by atoms with Gasteiger partial charge in [0.1, 0.15) is 0 Å². The summed E-state index contributed by atoms with van der Waals surface area (Å²) in [6.45, 7) is 1.88. The predicted molar refractivity (Wildman–Crippen MR) is 72.8 cm³/mol. The van der Waals surface area contributed by atoms with Crippen molar-refractivity contribution < 1.29 is 13.2 Å². The lowest BCUT2D eigenvalue weighted by Crippen LogP contribution is -2.09. The first-order valence-electron chi connectivity index (χ1n) is 5.54. The Labute approximate surface area is 118 Å². The summed E-state index contributed by atoms with van der Waals surface area (Å²) in [4.78, 5) is 1.04. The molecular weight excluding hydrogens is 295 g/mol. The minimum absolute atomic E-state index is 0.0963. The van der Waals surface area contributed by atoms with Gasteiger partial charge in [-0.05, 0) is 36.6 Å². The molecule has 0 saturated heterocycles. The number of nitrogens with one attached hydrogen (secondary N) is 1. The van der Waals surface area contributed by atoms with Crippen LogP contribution in [0.25, 0.3) is 0 Å². The van der Waals surface area contributed by atoms with Crippen LogP contribution in [0.4, 0.5) is 18.9 Å². The Balaban J connectivity index is 2.25. The van der Waals surface area contributed by atoms with Gasteiger partial charge in [0.05, 0.1) is 22.3 Å². The average Bonchev–Trinajstić information content (AvgIpc) is 2.84. The standard InChI is InChI=1S/C13H11ClF3NS/c1-8(12-3-2-6-19-12)18-11-7-9(13(15,16)17)4-5-10(11)14/h2-8,18H,1H3. The minimum atomic E-state index is -4.37. The Morgan fingerprint density at radius 3 is 2.58 bits per heavy atom. The molecule has 1 atom stereocenters. The number of halogens is 4. The highest BCUT2D eigenvalue weighted by atomic mass is 35.5. The molecule has 1 unspecified atom stereocenters. The molecule has 0 radical (unpaired) electrons. The fourth-order valence-electron chi connectivity index (χ4n) is 1.65. The molecule has 0 bridgehead atoms. The lowest BCUT2D eigenvalue weighted by Gasteiger charge is -2.16. The zero-order valence-electron chi connectivity index (χ0n) is 9.96. The maximum Gasteiger partial charge on any atom is 0.416 e. The van der Waals surface area contributed by atoms with Gasteiger partial charge in [0.25, 0.3) is 0 Å². The molecule has 0 aliphatic heterocycles. The van der Waals surface area contributed by atoms with Crippen LogP contribution in [0.15, 0.2) is 35.7 Å². The normalized spacial score (nSPS) is 13.3. The lowest BCUT2D eigenvalue weighted by molar-refractivity contribution is -0.137. The van der Waals surface area contributed by atoms with E-state index in [1.807, 2.05) is 24.4 Å². The van der Waals surface area contributed by atoms with Gasteiger partial charge in [-0.1, -0.05) is 17.7 Å². The summed E-state index contributed by atoms with van der Waals surface area (Å²) < 4.78 is 37.9. The van der Waals surface area contributed by atoms with Crippen LogP contribution in [0.2, 0.25) is 5.02 Å². The van der Waals surface area contributed by atoms with E-state index in [-0.39, 0.29) is 16.8 Å². The van der Waals surface area contributed by atoms with Gasteiger partial charge in [0, 0.05) is 4.88 Å². The van der Waals surface area contributed by atoms with E-state index in [1.54, 1.807) is 0 Å². The van der Waals surface area contributed by atoms with E-state index >= 15 is 0 Å². The van der Waals surface area contributed by atoms with Crippen molar-refractivity contribution in [2.24, 2.45) is 0 Å². The molecule has 0 aliphatic carbocycles. The van der Waals surface area contributed by atoms with E-state index in [9.17, 15) is 13.2 Å². The van der Waals surface area contributed by atoms with Crippen molar-refractivity contribution in [3.8, 4) is 0 Å². The molecule has 1 aromatic carbocycles. The third-order valence-electron chi connectivity index (χ3n) is 2.64. The van der Waals surface area contributed by atoms with E-state index < -0.39 is 11.7 Å². The van der Waals surface area contributed by atoms with E-state index in [0.717, 1.165) is 17.0 Å². The molecule has 0 amide bonds. The molecule has 1 aromatic heterocycles. The quantitative estimate of drug-likeness (QED) is 0.779. The zero-order valence-corrected chi connectivity index (χ0v) is 11.5. The van der Waals surface area contributed by atoms with Gasteiger partial charge in [-0.25, -0.2) is 0 Å². The lowest BCUT2D eigenvalue weighted by atomic mass is 10.1. The SMILES string of the molecule is CC(Nc1cc(C(F)(F)F)ccc1Cl)c1cccs1. The molecule has 1 nitrogen and oxygen atoms in total. The molecule has 0 saturated carbocycles. The van der Waals surface area contributed by atoms with Crippen LogP contribution in [0, 0.1) is 0 Å². The van der Waals surface area contributed by atoms with Crippen molar-refractivity contribution in [3.63, 3.8) is 0 Å². The summed E-state index contributed by atoms with van der Waals surface area (Å²) in [5.74, 6) is 0. The van der Waals surface area contributed by atoms with Crippen LogP contribution in [0.3, 0.4) is 0 Å². The third-order valence-corrected chi connectivity index (χ3v) is 4.02. The number of hydrogen-bond acceptors (Lipinski definition) is 2. The summed E-state index contributed by atoms with van der Waals surface area (Å²) in [7, 11) is 0. The number of rotatable bonds is 3. The van der Waals surface area contributed by atoms with Gasteiger partial charge < -0.3 is 5.32 Å². The summed E-state index contributed by atoms with van der Waals surface area (Å²) in [6, 6.07) is 6.99. The highest BCUT2D eigenvalue weighted by Crippen LogP contribution is 2.35. The first kappa shape index (κ1) is 14.2. The maximum atomic E-state index is 12.6. The topological polar surface area (TPSA) is 12.0 Å². The van der Waals surface area contributed by atoms with Gasteiger partial charge >= 0.3 is 6.18 Å². The molecule has 102 valence electrons. The van der Waals surface area contributed by atoms with Crippen LogP contribution in [-0.2, 0) is 6.18 Å². The van der Waals surface area contributed by atoms with E-state index in [1.165, 1.54) is 17.4 Å². The van der Waals surface area contributed by atoms with Crippen molar-refractivity contribution >= 4 is 28.6 Å². The molecule has 1 heterocycles. The second kappa shape index (κ2) is 5.43. The Morgan fingerprint density at radius 1 is 1.26 bits per heavy atom. The van der Waals surface area contributed by atoms with Gasteiger partial charge in [0.15, 0.2) is 0 Å². The van der Waals surface area contributed by atoms with Crippen LogP contribution in [0.5, 0.6) is 0 Å². The number of hydrogen-bond donors (Lipinski definition) is 1. The van der Waals surface area contributed by atoms with E-state index in [0.29, 0.717) is 0 Å². The van der Waals surface area contributed by atoms with Gasteiger partial charge in [-0.2, -0.15) is 13.2 Å². The molecule has 2 aromatic rings. The van der Waals surface area contributed by atoms with Crippen LogP contribution >= 0.6 is 22.9 Å². The third kappa shape index (κ3) is 3.42. The molecule has 19 heavy (non-hydrogen) atoms. The molecule has 1 N–H and O–H groups in total. The second-order valence-corrected chi connectivity index (χ2v) is 5.46. The molecule has 2 rings (SSSR count). The smallest absolute Gasteiger partial charge is 0.376 e. The zero-order chi connectivity index (χ0) is 14.0. The van der Waals surface area contributed by atoms with Crippen molar-refractivity contribution in [2.75, 3.05) is 5.32 Å². The Kier molecular flexibility index (Phi) is 4.06. The number of benzene rings is 1. The Morgan fingerprint density at radius 2 is 2.00 bits per heavy atom. The first-order chi connectivity index (χ1) is 8.88. The number of anilines is 1. The van der Waals surface area contributed by atoms with Gasteiger partial charge in [-0.3, -0.25) is 0 Å². The van der Waals surface area contributed by atoms with Gasteiger partial charge in [-0.15, -0.1) is 11.3 Å². The van der Waals surface area contributed by atoms with Gasteiger partial charge in [0.2, 0.25) is 0 Å². The second-order valence-electron chi connectivity index (χ2n) is 4.07. The largest absolute Gasteiger partial charge is 0.416 e. The van der Waals surface area contributed by atoms with E-state index in [2.05, 4.69) is 5.32 Å². The minimum Gasteiger partial charge on any atom is -0.376 e. The highest BCUT2D eigenvalue weighted by molar-refractivity contribution is 7.10. The van der Waals surface area contributed by atoms with Crippen molar-refractivity contribution in [1.82, 2.24) is 0 Å². The average molecular weight is 306 g/mol. The number of alkyl halides is 3. The summed E-state index contributed by atoms with van der Waals surface area (Å²) >= 11 is 7.46. The monoisotopic (exact) mass is 305 g/mol. The van der Waals surface area contributed by atoms with Crippen LogP contribution in [0.1, 0.15) is 23.4 Å². The maximum absolute atomic E-state index is 12.6. The van der Waals surface area contributed by atoms with Crippen LogP contribution in [-0.4, -0.2) is 0 Å². The van der Waals surface area contributed by atoms with E-state index in [4.69, 9.17) is 11.6 Å². The molecule has 6 heteroatoms. The summed E-state index contributed by atoms with van der Waals surface area (Å²) in [6.07, 6.45) is -4.37. The highest BCUT2D eigenvalue weighted by Gasteiger charge is 2.31. The molecule has 0 spiro atoms. The summed E-state index contributed by atoms with van der Waals surface area (Å²) in [5.41, 5.74) is -0.421. The predicted octanol–water partition coefficient (Wildman–Crippen LogP) is 5.59.